The first-order valence-corrected chi connectivity index (χ1v) is 8.64. The molecule has 0 aliphatic carbocycles. The lowest BCUT2D eigenvalue weighted by molar-refractivity contribution is 0.308. The van der Waals surface area contributed by atoms with E-state index in [9.17, 15) is 4.39 Å². The second-order valence-electron chi connectivity index (χ2n) is 5.40. The topological polar surface area (TPSA) is 49.1 Å². The van der Waals surface area contributed by atoms with Gasteiger partial charge in [0, 0.05) is 21.8 Å². The molecule has 0 aromatic carbocycles. The van der Waals surface area contributed by atoms with Crippen molar-refractivity contribution in [1.82, 2.24) is 5.32 Å². The minimum absolute atomic E-state index is 0.0507. The molecule has 1 rings (SSSR count). The van der Waals surface area contributed by atoms with Gasteiger partial charge in [-0.2, -0.15) is 0 Å². The number of aryl methyl sites for hydroxylation is 1. The van der Waals surface area contributed by atoms with Gasteiger partial charge in [-0.1, -0.05) is 0 Å². The van der Waals surface area contributed by atoms with Crippen LogP contribution >= 0.6 is 27.3 Å². The van der Waals surface area contributed by atoms with E-state index in [0.717, 1.165) is 17.3 Å². The molecule has 0 radical (unpaired) electrons. The number of thiophene rings is 1. The van der Waals surface area contributed by atoms with Gasteiger partial charge in [-0.05, 0) is 62.3 Å². The zero-order valence-electron chi connectivity index (χ0n) is 13.4. The van der Waals surface area contributed by atoms with Crippen molar-refractivity contribution in [1.29, 1.82) is 0 Å². The predicted octanol–water partition coefficient (Wildman–Crippen LogP) is 4.25. The molecule has 0 fully saturated rings. The minimum Gasteiger partial charge on any atom is -0.310 e. The Labute approximate surface area is 143 Å². The average molecular weight is 389 g/mol. The highest BCUT2D eigenvalue weighted by Crippen LogP contribution is 2.21. The predicted molar refractivity (Wildman–Crippen MR) is 98.5 cm³/mol. The smallest absolute Gasteiger partial charge is 0.223 e. The van der Waals surface area contributed by atoms with Crippen molar-refractivity contribution in [3.05, 3.63) is 20.8 Å². The SMILES string of the molecule is C=NC(=NC(C)CCc1cc(Br)cs1)NC(=NC)C(C)(C)F. The third-order valence-corrected chi connectivity index (χ3v) is 4.70. The van der Waals surface area contributed by atoms with Gasteiger partial charge >= 0.3 is 0 Å². The molecule has 0 bridgehead atoms. The van der Waals surface area contributed by atoms with E-state index in [2.05, 4.69) is 54.4 Å². The van der Waals surface area contributed by atoms with Gasteiger partial charge in [-0.15, -0.1) is 11.3 Å². The number of alkyl halides is 1. The molecule has 122 valence electrons. The molecule has 0 saturated heterocycles. The summed E-state index contributed by atoms with van der Waals surface area (Å²) in [5, 5.41) is 4.88. The van der Waals surface area contributed by atoms with E-state index in [1.54, 1.807) is 11.3 Å². The highest BCUT2D eigenvalue weighted by Gasteiger charge is 2.24. The van der Waals surface area contributed by atoms with Crippen molar-refractivity contribution >= 4 is 45.8 Å². The monoisotopic (exact) mass is 388 g/mol. The number of guanidine groups is 1. The largest absolute Gasteiger partial charge is 0.310 e. The second kappa shape index (κ2) is 8.53. The fourth-order valence-electron chi connectivity index (χ4n) is 1.80. The van der Waals surface area contributed by atoms with Crippen LogP contribution in [-0.2, 0) is 6.42 Å². The summed E-state index contributed by atoms with van der Waals surface area (Å²) < 4.78 is 15.1. The number of nitrogens with one attached hydrogen (secondary N) is 1. The molecule has 7 heteroatoms. The van der Waals surface area contributed by atoms with E-state index in [-0.39, 0.29) is 11.9 Å². The number of hydrogen-bond acceptors (Lipinski definition) is 3. The molecule has 1 unspecified atom stereocenters. The normalized spacial score (nSPS) is 14.8. The molecule has 0 spiro atoms. The van der Waals surface area contributed by atoms with Crippen LogP contribution in [0.15, 0.2) is 30.9 Å². The fraction of sp³-hybridized carbons (Fsp3) is 0.533. The maximum Gasteiger partial charge on any atom is 0.223 e. The highest BCUT2D eigenvalue weighted by atomic mass is 79.9. The Morgan fingerprint density at radius 2 is 2.23 bits per heavy atom. The number of amidine groups is 1. The van der Waals surface area contributed by atoms with Gasteiger partial charge in [0.25, 0.3) is 0 Å². The summed E-state index contributed by atoms with van der Waals surface area (Å²) in [6.07, 6.45) is 1.82. The molecule has 1 heterocycles. The van der Waals surface area contributed by atoms with Crippen LogP contribution < -0.4 is 5.32 Å². The van der Waals surface area contributed by atoms with Crippen LogP contribution in [0.2, 0.25) is 0 Å². The van der Waals surface area contributed by atoms with Crippen LogP contribution in [0.1, 0.15) is 32.1 Å². The maximum atomic E-state index is 13.9. The Hall–Kier alpha value is -1.08. The van der Waals surface area contributed by atoms with Gasteiger partial charge in [-0.25, -0.2) is 14.4 Å². The van der Waals surface area contributed by atoms with Crippen LogP contribution in [0.5, 0.6) is 0 Å². The second-order valence-corrected chi connectivity index (χ2v) is 7.31. The Morgan fingerprint density at radius 1 is 1.55 bits per heavy atom. The third kappa shape index (κ3) is 6.36. The van der Waals surface area contributed by atoms with Gasteiger partial charge < -0.3 is 5.32 Å². The first kappa shape index (κ1) is 19.0. The summed E-state index contributed by atoms with van der Waals surface area (Å²) in [6.45, 7) is 8.34. The van der Waals surface area contributed by atoms with E-state index in [1.165, 1.54) is 25.8 Å². The summed E-state index contributed by atoms with van der Waals surface area (Å²) in [5.41, 5.74) is -1.58. The first-order chi connectivity index (χ1) is 10.3. The standard InChI is InChI=1S/C15H22BrFN4S/c1-10(6-7-12-8-11(16)9-22-12)20-14(19-5)21-13(18-4)15(2,3)17/h8-10H,5-7H2,1-4H3,(H,18,20,21). The lowest BCUT2D eigenvalue weighted by atomic mass is 10.1. The Bertz CT molecular complexity index is 560. The van der Waals surface area contributed by atoms with Crippen molar-refractivity contribution in [3.63, 3.8) is 0 Å². The number of hydrogen-bond donors (Lipinski definition) is 1. The number of rotatable bonds is 5. The summed E-state index contributed by atoms with van der Waals surface area (Å²) in [7, 11) is 1.53. The Morgan fingerprint density at radius 3 is 2.68 bits per heavy atom. The van der Waals surface area contributed by atoms with Crippen molar-refractivity contribution in [3.8, 4) is 0 Å². The van der Waals surface area contributed by atoms with Gasteiger partial charge in [-0.3, -0.25) is 4.99 Å². The van der Waals surface area contributed by atoms with Crippen molar-refractivity contribution in [2.45, 2.75) is 45.3 Å². The van der Waals surface area contributed by atoms with Gasteiger partial charge in [0.1, 0.15) is 5.84 Å². The minimum atomic E-state index is -1.58. The summed E-state index contributed by atoms with van der Waals surface area (Å²) >= 11 is 5.16. The molecule has 1 aromatic heterocycles. The highest BCUT2D eigenvalue weighted by molar-refractivity contribution is 9.10. The molecule has 4 nitrogen and oxygen atoms in total. The van der Waals surface area contributed by atoms with Crippen LogP contribution in [0.4, 0.5) is 4.39 Å². The molecule has 0 amide bonds. The van der Waals surface area contributed by atoms with Crippen molar-refractivity contribution < 1.29 is 4.39 Å². The molecule has 1 N–H and O–H groups in total. The van der Waals surface area contributed by atoms with Gasteiger partial charge in [0.05, 0.1) is 6.04 Å². The van der Waals surface area contributed by atoms with Crippen molar-refractivity contribution in [2.75, 3.05) is 7.05 Å². The summed E-state index contributed by atoms with van der Waals surface area (Å²) in [6, 6.07) is 2.16. The third-order valence-electron chi connectivity index (χ3n) is 2.94. The van der Waals surface area contributed by atoms with Crippen molar-refractivity contribution in [2.24, 2.45) is 15.0 Å². The zero-order chi connectivity index (χ0) is 16.8. The molecule has 0 saturated carbocycles. The van der Waals surface area contributed by atoms with E-state index in [0.29, 0.717) is 5.96 Å². The Kier molecular flexibility index (Phi) is 7.35. The Balaban J connectivity index is 2.64. The van der Waals surface area contributed by atoms with E-state index >= 15 is 0 Å². The molecule has 1 aromatic rings. The van der Waals surface area contributed by atoms with Gasteiger partial charge in [0.15, 0.2) is 5.67 Å². The van der Waals surface area contributed by atoms with Crippen LogP contribution in [-0.4, -0.2) is 37.3 Å². The molecule has 1 atom stereocenters. The fourth-order valence-corrected chi connectivity index (χ4v) is 3.27. The van der Waals surface area contributed by atoms with Gasteiger partial charge in [0.2, 0.25) is 5.96 Å². The van der Waals surface area contributed by atoms with Crippen LogP contribution in [0.25, 0.3) is 0 Å². The molecule has 22 heavy (non-hydrogen) atoms. The first-order valence-electron chi connectivity index (χ1n) is 6.97. The van der Waals surface area contributed by atoms with Crippen LogP contribution in [0.3, 0.4) is 0 Å². The summed E-state index contributed by atoms with van der Waals surface area (Å²) in [5.74, 6) is 0.485. The molecular formula is C15H22BrFN4S. The zero-order valence-corrected chi connectivity index (χ0v) is 15.8. The molecule has 0 aliphatic rings. The lowest BCUT2D eigenvalue weighted by Gasteiger charge is -2.18. The maximum absolute atomic E-state index is 13.9. The lowest BCUT2D eigenvalue weighted by Crippen LogP contribution is -2.42. The molecular weight excluding hydrogens is 367 g/mol. The quantitative estimate of drug-likeness (QED) is 0.594. The van der Waals surface area contributed by atoms with E-state index < -0.39 is 5.67 Å². The van der Waals surface area contributed by atoms with E-state index in [4.69, 9.17) is 0 Å². The summed E-state index contributed by atoms with van der Waals surface area (Å²) in [4.78, 5) is 13.5. The van der Waals surface area contributed by atoms with Crippen LogP contribution in [0, 0.1) is 0 Å². The average Bonchev–Trinajstić information content (AvgIpc) is 2.85. The number of nitrogens with zero attached hydrogens (tertiary/aromatic N) is 3. The molecule has 0 aliphatic heterocycles. The number of halogens is 2. The van der Waals surface area contributed by atoms with E-state index in [1.807, 2.05) is 6.92 Å². The number of aliphatic imine (C=N–C) groups is 3.